The second-order valence-electron chi connectivity index (χ2n) is 5.02. The van der Waals surface area contributed by atoms with Gasteiger partial charge in [0.2, 0.25) is 0 Å². The smallest absolute Gasteiger partial charge is 0.161 e. The van der Waals surface area contributed by atoms with Crippen LogP contribution in [0.3, 0.4) is 0 Å². The number of ether oxygens (including phenoxy) is 3. The van der Waals surface area contributed by atoms with Gasteiger partial charge in [-0.25, -0.2) is 0 Å². The molecule has 1 N–H and O–H groups in total. The number of benzene rings is 1. The molecule has 1 rings (SSSR count). The van der Waals surface area contributed by atoms with Gasteiger partial charge in [0, 0.05) is 13.1 Å². The lowest BCUT2D eigenvalue weighted by molar-refractivity contribution is 0.140. The predicted octanol–water partition coefficient (Wildman–Crippen LogP) is 3.16. The van der Waals surface area contributed by atoms with Gasteiger partial charge in [-0.05, 0) is 38.0 Å². The summed E-state index contributed by atoms with van der Waals surface area (Å²) in [7, 11) is 1.66. The van der Waals surface area contributed by atoms with Crippen molar-refractivity contribution in [1.29, 1.82) is 0 Å². The molecule has 21 heavy (non-hydrogen) atoms. The van der Waals surface area contributed by atoms with E-state index in [0.29, 0.717) is 6.61 Å². The maximum absolute atomic E-state index is 5.70. The van der Waals surface area contributed by atoms with Crippen molar-refractivity contribution in [3.8, 4) is 11.5 Å². The normalized spacial score (nSPS) is 10.7. The van der Waals surface area contributed by atoms with Gasteiger partial charge >= 0.3 is 0 Å². The van der Waals surface area contributed by atoms with Gasteiger partial charge in [-0.15, -0.1) is 6.58 Å². The summed E-state index contributed by atoms with van der Waals surface area (Å²) >= 11 is 0. The number of nitrogens with one attached hydrogen (secondary N) is 1. The molecule has 0 radical (unpaired) electrons. The van der Waals surface area contributed by atoms with Gasteiger partial charge in [0.05, 0.1) is 26.4 Å². The van der Waals surface area contributed by atoms with Crippen LogP contribution in [0.15, 0.2) is 30.9 Å². The number of hydrogen-bond acceptors (Lipinski definition) is 4. The van der Waals surface area contributed by atoms with Crippen molar-refractivity contribution in [2.75, 3.05) is 26.9 Å². The van der Waals surface area contributed by atoms with Crippen LogP contribution in [-0.4, -0.2) is 33.0 Å². The van der Waals surface area contributed by atoms with E-state index in [4.69, 9.17) is 14.2 Å². The monoisotopic (exact) mass is 293 g/mol. The third kappa shape index (κ3) is 7.16. The lowest BCUT2D eigenvalue weighted by Crippen LogP contribution is -2.19. The highest BCUT2D eigenvalue weighted by Crippen LogP contribution is 2.28. The predicted molar refractivity (Wildman–Crippen MR) is 86.1 cm³/mol. The molecular formula is C17H27NO3. The average molecular weight is 293 g/mol. The lowest BCUT2D eigenvalue weighted by Gasteiger charge is -2.14. The van der Waals surface area contributed by atoms with Crippen molar-refractivity contribution in [2.45, 2.75) is 32.9 Å². The van der Waals surface area contributed by atoms with Crippen LogP contribution in [-0.2, 0) is 11.3 Å². The summed E-state index contributed by atoms with van der Waals surface area (Å²) in [5, 5.41) is 3.34. The maximum atomic E-state index is 5.70. The molecule has 1 aromatic carbocycles. The molecule has 0 amide bonds. The quantitative estimate of drug-likeness (QED) is 0.502. The van der Waals surface area contributed by atoms with Crippen molar-refractivity contribution in [3.05, 3.63) is 36.4 Å². The molecule has 0 aliphatic rings. The third-order valence-electron chi connectivity index (χ3n) is 2.81. The third-order valence-corrected chi connectivity index (χ3v) is 2.81. The topological polar surface area (TPSA) is 39.7 Å². The molecular weight excluding hydrogens is 266 g/mol. The van der Waals surface area contributed by atoms with Gasteiger partial charge in [-0.3, -0.25) is 0 Å². The molecule has 0 unspecified atom stereocenters. The summed E-state index contributed by atoms with van der Waals surface area (Å²) in [5.74, 6) is 1.55. The Morgan fingerprint density at radius 1 is 1.24 bits per heavy atom. The minimum atomic E-state index is 0.135. The van der Waals surface area contributed by atoms with Gasteiger partial charge in [-0.2, -0.15) is 0 Å². The van der Waals surface area contributed by atoms with E-state index in [0.717, 1.165) is 43.2 Å². The van der Waals surface area contributed by atoms with E-state index in [2.05, 4.69) is 11.9 Å². The van der Waals surface area contributed by atoms with Crippen LogP contribution in [0.4, 0.5) is 0 Å². The molecule has 0 saturated carbocycles. The summed E-state index contributed by atoms with van der Waals surface area (Å²) in [6, 6.07) is 6.01. The summed E-state index contributed by atoms with van der Waals surface area (Å²) in [5.41, 5.74) is 1.16. The number of methoxy groups -OCH3 is 1. The van der Waals surface area contributed by atoms with Crippen molar-refractivity contribution >= 4 is 0 Å². The van der Waals surface area contributed by atoms with Crippen molar-refractivity contribution < 1.29 is 14.2 Å². The van der Waals surface area contributed by atoms with Crippen molar-refractivity contribution in [2.24, 2.45) is 0 Å². The van der Waals surface area contributed by atoms with Crippen LogP contribution >= 0.6 is 0 Å². The lowest BCUT2D eigenvalue weighted by atomic mass is 10.2. The molecule has 0 aliphatic carbocycles. The summed E-state index contributed by atoms with van der Waals surface area (Å²) in [4.78, 5) is 0. The minimum absolute atomic E-state index is 0.135. The van der Waals surface area contributed by atoms with Crippen LogP contribution in [0.25, 0.3) is 0 Å². The van der Waals surface area contributed by atoms with Crippen LogP contribution in [0.2, 0.25) is 0 Å². The zero-order valence-electron chi connectivity index (χ0n) is 13.4. The largest absolute Gasteiger partial charge is 0.493 e. The van der Waals surface area contributed by atoms with Gasteiger partial charge in [-0.1, -0.05) is 12.1 Å². The zero-order chi connectivity index (χ0) is 15.5. The Morgan fingerprint density at radius 3 is 2.71 bits per heavy atom. The molecule has 4 heteroatoms. The van der Waals surface area contributed by atoms with Gasteiger partial charge in [0.1, 0.15) is 0 Å². The van der Waals surface area contributed by atoms with Crippen molar-refractivity contribution in [3.63, 3.8) is 0 Å². The van der Waals surface area contributed by atoms with E-state index in [1.54, 1.807) is 7.11 Å². The number of rotatable bonds is 11. The number of hydrogen-bond donors (Lipinski definition) is 1. The van der Waals surface area contributed by atoms with Gasteiger partial charge < -0.3 is 19.5 Å². The van der Waals surface area contributed by atoms with Crippen LogP contribution in [0.1, 0.15) is 25.8 Å². The van der Waals surface area contributed by atoms with Crippen LogP contribution in [0.5, 0.6) is 11.5 Å². The molecule has 0 bridgehead atoms. The van der Waals surface area contributed by atoms with E-state index in [-0.39, 0.29) is 6.10 Å². The average Bonchev–Trinajstić information content (AvgIpc) is 2.47. The molecule has 0 aliphatic heterocycles. The summed E-state index contributed by atoms with van der Waals surface area (Å²) in [6.45, 7) is 10.7. The molecule has 0 fully saturated rings. The first kappa shape index (κ1) is 17.5. The first-order valence-corrected chi connectivity index (χ1v) is 7.40. The molecule has 4 nitrogen and oxygen atoms in total. The van der Waals surface area contributed by atoms with Crippen molar-refractivity contribution in [1.82, 2.24) is 5.32 Å². The highest BCUT2D eigenvalue weighted by Gasteiger charge is 2.07. The first-order chi connectivity index (χ1) is 10.2. The fourth-order valence-electron chi connectivity index (χ4n) is 1.82. The second kappa shape index (κ2) is 10.2. The molecule has 1 aromatic rings. The minimum Gasteiger partial charge on any atom is -0.493 e. The molecule has 0 aromatic heterocycles. The van der Waals surface area contributed by atoms with E-state index >= 15 is 0 Å². The Bertz CT molecular complexity index is 418. The fraction of sp³-hybridized carbons (Fsp3) is 0.529. The maximum Gasteiger partial charge on any atom is 0.161 e. The zero-order valence-corrected chi connectivity index (χ0v) is 13.4. The molecule has 0 atom stereocenters. The highest BCUT2D eigenvalue weighted by molar-refractivity contribution is 5.43. The fourth-order valence-corrected chi connectivity index (χ4v) is 1.82. The molecule has 0 heterocycles. The van der Waals surface area contributed by atoms with Gasteiger partial charge in [0.15, 0.2) is 11.5 Å². The Hall–Kier alpha value is -1.52. The Morgan fingerprint density at radius 2 is 2.05 bits per heavy atom. The Balaban J connectivity index is 2.36. The van der Waals surface area contributed by atoms with E-state index in [1.807, 2.05) is 38.1 Å². The Labute approximate surface area is 128 Å². The first-order valence-electron chi connectivity index (χ1n) is 7.40. The van der Waals surface area contributed by atoms with Crippen LogP contribution < -0.4 is 14.8 Å². The standard InChI is InChI=1S/C17H27NO3/c1-5-6-10-20-11-9-18-13-15-7-8-16(21-14(2)3)17(12-15)19-4/h5,7-8,12,14,18H,1,6,9-11,13H2,2-4H3. The van der Waals surface area contributed by atoms with Crippen LogP contribution in [0, 0.1) is 0 Å². The molecule has 0 spiro atoms. The summed E-state index contributed by atoms with van der Waals surface area (Å²) in [6.07, 6.45) is 2.89. The second-order valence-corrected chi connectivity index (χ2v) is 5.02. The Kier molecular flexibility index (Phi) is 8.55. The molecule has 0 saturated heterocycles. The van der Waals surface area contributed by atoms with E-state index < -0.39 is 0 Å². The van der Waals surface area contributed by atoms with Gasteiger partial charge in [0.25, 0.3) is 0 Å². The molecule has 118 valence electrons. The van der Waals surface area contributed by atoms with E-state index in [9.17, 15) is 0 Å². The van der Waals surface area contributed by atoms with E-state index in [1.165, 1.54) is 0 Å². The highest BCUT2D eigenvalue weighted by atomic mass is 16.5. The SMILES string of the molecule is C=CCCOCCNCc1ccc(OC(C)C)c(OC)c1. The summed E-state index contributed by atoms with van der Waals surface area (Å²) < 4.78 is 16.5.